The summed E-state index contributed by atoms with van der Waals surface area (Å²) in [7, 11) is 0. The first-order valence-corrected chi connectivity index (χ1v) is 11.8. The molecule has 0 aromatic heterocycles. The molecule has 5 heteroatoms. The monoisotopic (exact) mass is 434 g/mol. The molecule has 7 atom stereocenters. The van der Waals surface area contributed by atoms with E-state index in [1.807, 2.05) is 36.4 Å². The highest BCUT2D eigenvalue weighted by atomic mass is 16.8. The summed E-state index contributed by atoms with van der Waals surface area (Å²) in [4.78, 5) is 25.8. The van der Waals surface area contributed by atoms with Crippen molar-refractivity contribution in [1.82, 2.24) is 0 Å². The highest BCUT2D eigenvalue weighted by Gasteiger charge is 2.77. The fourth-order valence-corrected chi connectivity index (χ4v) is 7.79. The summed E-state index contributed by atoms with van der Waals surface area (Å²) in [5, 5.41) is 12.2. The maximum Gasteiger partial charge on any atom is 0.264 e. The first-order valence-electron chi connectivity index (χ1n) is 11.8. The fraction of sp³-hybridized carbons (Fsp3) is 0.556. The lowest BCUT2D eigenvalue weighted by atomic mass is 9.46. The topological polar surface area (TPSA) is 76.1 Å². The molecule has 4 fully saturated rings. The van der Waals surface area contributed by atoms with Crippen LogP contribution in [0.4, 0.5) is 0 Å². The Kier molecular flexibility index (Phi) is 4.09. The van der Waals surface area contributed by atoms with Crippen molar-refractivity contribution in [1.29, 1.82) is 0 Å². The molecular formula is C27H30O5. The number of hydrogen-bond acceptors (Lipinski definition) is 5. The predicted molar refractivity (Wildman–Crippen MR) is 118 cm³/mol. The minimum absolute atomic E-state index is 0.0187. The Morgan fingerprint density at radius 2 is 1.88 bits per heavy atom. The summed E-state index contributed by atoms with van der Waals surface area (Å²) in [6.45, 7) is 4.52. The van der Waals surface area contributed by atoms with Gasteiger partial charge >= 0.3 is 0 Å². The zero-order valence-corrected chi connectivity index (χ0v) is 18.7. The third-order valence-corrected chi connectivity index (χ3v) is 9.47. The van der Waals surface area contributed by atoms with Gasteiger partial charge in [-0.3, -0.25) is 9.59 Å². The number of ether oxygens (including phenoxy) is 2. The molecule has 3 saturated carbocycles. The molecule has 6 rings (SSSR count). The van der Waals surface area contributed by atoms with Gasteiger partial charge in [-0.25, -0.2) is 0 Å². The van der Waals surface area contributed by atoms with Crippen molar-refractivity contribution in [3.63, 3.8) is 0 Å². The Bertz CT molecular complexity index is 1050. The summed E-state index contributed by atoms with van der Waals surface area (Å²) in [5.41, 5.74) is -1.14. The number of para-hydroxylation sites is 1. The molecule has 5 aliphatic rings. The van der Waals surface area contributed by atoms with Gasteiger partial charge in [0.2, 0.25) is 0 Å². The molecule has 1 saturated heterocycles. The second-order valence-corrected chi connectivity index (χ2v) is 10.9. The van der Waals surface area contributed by atoms with Crippen LogP contribution in [0.1, 0.15) is 46.0 Å². The second-order valence-electron chi connectivity index (χ2n) is 10.9. The zero-order chi connectivity index (χ0) is 22.4. The van der Waals surface area contributed by atoms with Gasteiger partial charge in [0.1, 0.15) is 23.7 Å². The molecule has 168 valence electrons. The summed E-state index contributed by atoms with van der Waals surface area (Å²) in [5.74, 6) is 0.0386. The number of Topliss-reactive ketones (excluding diaryl/α,β-unsaturated/α-hetero) is 1. The zero-order valence-electron chi connectivity index (χ0n) is 18.7. The molecule has 1 aromatic rings. The predicted octanol–water partition coefficient (Wildman–Crippen LogP) is 4.01. The number of benzene rings is 1. The van der Waals surface area contributed by atoms with Crippen molar-refractivity contribution < 1.29 is 24.2 Å². The van der Waals surface area contributed by atoms with Crippen LogP contribution in [0.15, 0.2) is 54.1 Å². The van der Waals surface area contributed by atoms with Gasteiger partial charge in [-0.2, -0.15) is 0 Å². The lowest BCUT2D eigenvalue weighted by Crippen LogP contribution is -2.63. The molecule has 32 heavy (non-hydrogen) atoms. The van der Waals surface area contributed by atoms with Gasteiger partial charge in [0, 0.05) is 23.2 Å². The highest BCUT2D eigenvalue weighted by molar-refractivity contribution is 6.01. The number of rotatable bonds is 3. The van der Waals surface area contributed by atoms with E-state index in [4.69, 9.17) is 9.47 Å². The van der Waals surface area contributed by atoms with E-state index in [1.54, 1.807) is 12.2 Å². The van der Waals surface area contributed by atoms with Gasteiger partial charge in [-0.05, 0) is 61.8 Å². The summed E-state index contributed by atoms with van der Waals surface area (Å²) >= 11 is 0. The number of fused-ring (bicyclic) bond motifs is 5. The molecule has 0 spiro atoms. The first-order chi connectivity index (χ1) is 15.2. The maximum absolute atomic E-state index is 13.8. The van der Waals surface area contributed by atoms with Crippen molar-refractivity contribution in [3.8, 4) is 5.75 Å². The van der Waals surface area contributed by atoms with Crippen LogP contribution >= 0.6 is 0 Å². The van der Waals surface area contributed by atoms with E-state index in [0.29, 0.717) is 25.2 Å². The highest BCUT2D eigenvalue weighted by Crippen LogP contribution is 2.69. The van der Waals surface area contributed by atoms with E-state index in [-0.39, 0.29) is 29.3 Å². The molecule has 1 N–H and O–H groups in total. The average molecular weight is 435 g/mol. The normalized spacial score (nSPS) is 46.7. The van der Waals surface area contributed by atoms with E-state index in [0.717, 1.165) is 24.8 Å². The van der Waals surface area contributed by atoms with Crippen molar-refractivity contribution in [2.45, 2.75) is 57.3 Å². The second kappa shape index (κ2) is 6.42. The van der Waals surface area contributed by atoms with Gasteiger partial charge in [0.05, 0.1) is 0 Å². The van der Waals surface area contributed by atoms with Crippen LogP contribution in [-0.2, 0) is 14.3 Å². The summed E-state index contributed by atoms with van der Waals surface area (Å²) in [6, 6.07) is 9.47. The van der Waals surface area contributed by atoms with E-state index < -0.39 is 22.2 Å². The third kappa shape index (κ3) is 2.47. The van der Waals surface area contributed by atoms with Crippen molar-refractivity contribution in [3.05, 3.63) is 54.1 Å². The van der Waals surface area contributed by atoms with Gasteiger partial charge in [-0.1, -0.05) is 43.7 Å². The minimum atomic E-state index is -1.23. The van der Waals surface area contributed by atoms with Crippen LogP contribution in [0.2, 0.25) is 0 Å². The fourth-order valence-electron chi connectivity index (χ4n) is 7.79. The number of carbonyl (C=O) groups is 2. The van der Waals surface area contributed by atoms with Gasteiger partial charge in [-0.15, -0.1) is 0 Å². The standard InChI is InChI=1S/C27H30O5/c1-24-12-10-18(28)14-17(24)8-9-20-21-11-13-26(30,25(21,2)15-22(29)23(20)24)27(16-31-27)32-19-6-4-3-5-7-19/h3-7,10,12,14,20-21,23,30H,8-9,11,13,15-16H2,1-2H3/t20-,21-,23+,24-,25-,26+,27+/m0/s1. The first kappa shape index (κ1) is 20.4. The number of hydrogen-bond donors (Lipinski definition) is 1. The molecule has 0 amide bonds. The molecular weight excluding hydrogens is 404 g/mol. The van der Waals surface area contributed by atoms with E-state index in [2.05, 4.69) is 13.8 Å². The van der Waals surface area contributed by atoms with Crippen LogP contribution in [0.5, 0.6) is 5.75 Å². The molecule has 0 radical (unpaired) electrons. The van der Waals surface area contributed by atoms with Crippen LogP contribution in [-0.4, -0.2) is 34.7 Å². The molecule has 0 unspecified atom stereocenters. The van der Waals surface area contributed by atoms with Gasteiger partial charge in [0.15, 0.2) is 5.78 Å². The Morgan fingerprint density at radius 1 is 1.12 bits per heavy atom. The van der Waals surface area contributed by atoms with Crippen LogP contribution in [0.25, 0.3) is 0 Å². The Hall–Kier alpha value is -2.24. The lowest BCUT2D eigenvalue weighted by Gasteiger charge is -2.57. The number of aliphatic hydroxyl groups is 1. The SMILES string of the molecule is C[C@]12C=CC(=O)C=C1CC[C@@H]1[C@@H]2C(=O)C[C@@]2(C)[C@H]1CC[C@]2(O)[C@]1(Oc2ccccc2)CO1. The quantitative estimate of drug-likeness (QED) is 0.728. The number of allylic oxidation sites excluding steroid dienone is 4. The summed E-state index contributed by atoms with van der Waals surface area (Å²) in [6.07, 6.45) is 8.75. The Labute approximate surface area is 188 Å². The number of carbonyl (C=O) groups excluding carboxylic acids is 2. The van der Waals surface area contributed by atoms with Crippen LogP contribution < -0.4 is 4.74 Å². The Morgan fingerprint density at radius 3 is 2.59 bits per heavy atom. The van der Waals surface area contributed by atoms with Gasteiger partial charge < -0.3 is 14.6 Å². The Balaban J connectivity index is 1.36. The van der Waals surface area contributed by atoms with E-state index in [9.17, 15) is 14.7 Å². The average Bonchev–Trinajstić information content (AvgIpc) is 3.49. The van der Waals surface area contributed by atoms with E-state index >= 15 is 0 Å². The van der Waals surface area contributed by atoms with Crippen LogP contribution in [0, 0.1) is 28.6 Å². The molecule has 1 aromatic carbocycles. The van der Waals surface area contributed by atoms with Gasteiger partial charge in [0.25, 0.3) is 5.79 Å². The molecule has 0 bridgehead atoms. The largest absolute Gasteiger partial charge is 0.457 e. The molecule has 1 aliphatic heterocycles. The maximum atomic E-state index is 13.8. The number of epoxide rings is 1. The molecule has 1 heterocycles. The number of ketones is 2. The van der Waals surface area contributed by atoms with Crippen molar-refractivity contribution in [2.75, 3.05) is 6.61 Å². The lowest BCUT2D eigenvalue weighted by molar-refractivity contribution is -0.206. The van der Waals surface area contributed by atoms with E-state index in [1.165, 1.54) is 0 Å². The minimum Gasteiger partial charge on any atom is -0.457 e. The van der Waals surface area contributed by atoms with Crippen molar-refractivity contribution >= 4 is 11.6 Å². The van der Waals surface area contributed by atoms with Crippen molar-refractivity contribution in [2.24, 2.45) is 28.6 Å². The van der Waals surface area contributed by atoms with Crippen LogP contribution in [0.3, 0.4) is 0 Å². The molecule has 4 aliphatic carbocycles. The smallest absolute Gasteiger partial charge is 0.264 e. The summed E-state index contributed by atoms with van der Waals surface area (Å²) < 4.78 is 12.1. The third-order valence-electron chi connectivity index (χ3n) is 9.47. The molecule has 5 nitrogen and oxygen atoms in total.